The number of fused-ring (bicyclic) bond motifs is 1. The van der Waals surface area contributed by atoms with E-state index in [1.807, 2.05) is 53.2 Å². The maximum absolute atomic E-state index is 12.9. The molecular formula is C28H38F2N4O2. The van der Waals surface area contributed by atoms with E-state index in [9.17, 15) is 13.6 Å². The molecule has 0 spiro atoms. The molecule has 2 atom stereocenters. The number of likely N-dealkylation sites (tertiary alicyclic amines) is 1. The quantitative estimate of drug-likeness (QED) is 0.412. The van der Waals surface area contributed by atoms with E-state index >= 15 is 0 Å². The van der Waals surface area contributed by atoms with Gasteiger partial charge in [0.2, 0.25) is 6.43 Å². The van der Waals surface area contributed by atoms with Crippen LogP contribution in [0.5, 0.6) is 0 Å². The molecule has 0 unspecified atom stereocenters. The van der Waals surface area contributed by atoms with Crippen molar-refractivity contribution >= 4 is 17.0 Å². The van der Waals surface area contributed by atoms with Crippen molar-refractivity contribution in [3.8, 4) is 0 Å². The Labute approximate surface area is 212 Å². The molecule has 4 rings (SSSR count). The lowest BCUT2D eigenvalue weighted by Crippen LogP contribution is -2.40. The van der Waals surface area contributed by atoms with Crippen molar-refractivity contribution in [2.45, 2.75) is 71.8 Å². The van der Waals surface area contributed by atoms with E-state index in [0.29, 0.717) is 12.5 Å². The Morgan fingerprint density at radius 1 is 1.25 bits per heavy atom. The second kappa shape index (κ2) is 10.3. The van der Waals surface area contributed by atoms with Gasteiger partial charge in [-0.25, -0.2) is 13.6 Å². The number of hydrogen-bond acceptors (Lipinski definition) is 4. The Morgan fingerprint density at radius 3 is 2.64 bits per heavy atom. The van der Waals surface area contributed by atoms with E-state index in [2.05, 4.69) is 23.0 Å². The van der Waals surface area contributed by atoms with Gasteiger partial charge >= 0.3 is 6.09 Å². The smallest absolute Gasteiger partial charge is 0.418 e. The molecule has 3 heterocycles. The summed E-state index contributed by atoms with van der Waals surface area (Å²) in [5.41, 5.74) is 4.93. The molecule has 1 aromatic carbocycles. The second-order valence-electron chi connectivity index (χ2n) is 11.2. The van der Waals surface area contributed by atoms with Crippen LogP contribution in [0, 0.1) is 19.8 Å². The third kappa shape index (κ3) is 5.80. The van der Waals surface area contributed by atoms with Crippen molar-refractivity contribution in [1.82, 2.24) is 19.2 Å². The van der Waals surface area contributed by atoms with E-state index in [-0.39, 0.29) is 18.4 Å². The Morgan fingerprint density at radius 2 is 2.00 bits per heavy atom. The summed E-state index contributed by atoms with van der Waals surface area (Å²) >= 11 is 0. The zero-order chi connectivity index (χ0) is 26.2. The first kappa shape index (κ1) is 26.3. The predicted molar refractivity (Wildman–Crippen MR) is 138 cm³/mol. The summed E-state index contributed by atoms with van der Waals surface area (Å²) in [7, 11) is 1.91. The summed E-state index contributed by atoms with van der Waals surface area (Å²) in [6.07, 6.45) is 4.78. The number of halogens is 2. The van der Waals surface area contributed by atoms with Crippen molar-refractivity contribution in [3.05, 3.63) is 53.0 Å². The van der Waals surface area contributed by atoms with Crippen LogP contribution < -0.4 is 0 Å². The zero-order valence-electron chi connectivity index (χ0n) is 22.2. The minimum absolute atomic E-state index is 0.0969. The van der Waals surface area contributed by atoms with Crippen molar-refractivity contribution < 1.29 is 18.3 Å². The molecule has 0 saturated carbocycles. The number of alkyl halides is 2. The van der Waals surface area contributed by atoms with Crippen LogP contribution in [0.3, 0.4) is 0 Å². The number of aromatic nitrogens is 3. The Balaban J connectivity index is 1.66. The van der Waals surface area contributed by atoms with Crippen LogP contribution in [0.4, 0.5) is 13.6 Å². The molecule has 0 bridgehead atoms. The highest BCUT2D eigenvalue weighted by atomic mass is 19.3. The highest BCUT2D eigenvalue weighted by Crippen LogP contribution is 2.38. The molecule has 196 valence electrons. The molecule has 1 aliphatic heterocycles. The molecule has 2 aromatic heterocycles. The first-order valence-corrected chi connectivity index (χ1v) is 12.8. The Kier molecular flexibility index (Phi) is 7.55. The number of aryl methyl sites for hydroxylation is 3. The van der Waals surface area contributed by atoms with E-state index in [4.69, 9.17) is 4.74 Å². The molecule has 1 fully saturated rings. The maximum atomic E-state index is 12.9. The predicted octanol–water partition coefficient (Wildman–Crippen LogP) is 6.08. The van der Waals surface area contributed by atoms with Gasteiger partial charge in [-0.2, -0.15) is 5.10 Å². The number of piperidine rings is 1. The molecule has 0 N–H and O–H groups in total. The van der Waals surface area contributed by atoms with Gasteiger partial charge in [-0.05, 0) is 88.2 Å². The highest BCUT2D eigenvalue weighted by molar-refractivity contribution is 5.94. The van der Waals surface area contributed by atoms with E-state index in [0.717, 1.165) is 48.0 Å². The molecule has 1 saturated heterocycles. The van der Waals surface area contributed by atoms with Crippen molar-refractivity contribution in [2.75, 3.05) is 19.6 Å². The zero-order valence-corrected chi connectivity index (χ0v) is 22.2. The van der Waals surface area contributed by atoms with Crippen LogP contribution in [-0.2, 0) is 18.2 Å². The number of ether oxygens (including phenoxy) is 1. The van der Waals surface area contributed by atoms with Crippen LogP contribution in [-0.4, -0.2) is 57.0 Å². The van der Waals surface area contributed by atoms with E-state index < -0.39 is 12.0 Å². The molecule has 0 aliphatic carbocycles. The standard InChI is InChI=1S/C28H38F2N4O2/c1-18-13-19(2)26-22(8-12-34(26)27(35)36-28(3,4)5)23(18)14-20-7-10-33(11-9-25(29)30)17-24(20)21-15-31-32(6)16-21/h8,12-13,15-16,20,24-25H,7,9-11,14,17H2,1-6H3/t20-,24+/m0/s1. The second-order valence-corrected chi connectivity index (χ2v) is 11.2. The molecule has 1 aliphatic rings. The summed E-state index contributed by atoms with van der Waals surface area (Å²) in [6.45, 7) is 11.7. The van der Waals surface area contributed by atoms with Gasteiger partial charge in [-0.1, -0.05) is 6.07 Å². The van der Waals surface area contributed by atoms with Gasteiger partial charge in [0.25, 0.3) is 0 Å². The summed E-state index contributed by atoms with van der Waals surface area (Å²) in [6, 6.07) is 4.17. The fraction of sp³-hybridized carbons (Fsp3) is 0.571. The first-order valence-electron chi connectivity index (χ1n) is 12.8. The summed E-state index contributed by atoms with van der Waals surface area (Å²) in [4.78, 5) is 15.1. The molecule has 36 heavy (non-hydrogen) atoms. The molecule has 6 nitrogen and oxygen atoms in total. The van der Waals surface area contributed by atoms with Crippen molar-refractivity contribution in [2.24, 2.45) is 13.0 Å². The van der Waals surface area contributed by atoms with Crippen LogP contribution in [0.2, 0.25) is 0 Å². The van der Waals surface area contributed by atoms with Crippen molar-refractivity contribution in [3.63, 3.8) is 0 Å². The lowest BCUT2D eigenvalue weighted by Gasteiger charge is -2.39. The number of carbonyl (C=O) groups excluding carboxylic acids is 1. The lowest BCUT2D eigenvalue weighted by molar-refractivity contribution is 0.0544. The number of rotatable bonds is 6. The van der Waals surface area contributed by atoms with Crippen LogP contribution in [0.25, 0.3) is 10.9 Å². The van der Waals surface area contributed by atoms with Crippen LogP contribution >= 0.6 is 0 Å². The molecule has 8 heteroatoms. The molecular weight excluding hydrogens is 462 g/mol. The third-order valence-corrected chi connectivity index (χ3v) is 7.21. The Bertz CT molecular complexity index is 1220. The van der Waals surface area contributed by atoms with Gasteiger partial charge in [0, 0.05) is 50.3 Å². The number of nitrogens with zero attached hydrogens (tertiary/aromatic N) is 4. The lowest BCUT2D eigenvalue weighted by atomic mass is 9.77. The van der Waals surface area contributed by atoms with Crippen molar-refractivity contribution in [1.29, 1.82) is 0 Å². The molecule has 0 amide bonds. The fourth-order valence-electron chi connectivity index (χ4n) is 5.57. The topological polar surface area (TPSA) is 52.3 Å². The van der Waals surface area contributed by atoms with E-state index in [1.54, 1.807) is 15.4 Å². The number of hydrogen-bond donors (Lipinski definition) is 0. The number of benzene rings is 1. The van der Waals surface area contributed by atoms with Gasteiger partial charge in [-0.3, -0.25) is 9.25 Å². The molecule has 0 radical (unpaired) electrons. The average Bonchev–Trinajstić information content (AvgIpc) is 3.41. The summed E-state index contributed by atoms with van der Waals surface area (Å²) in [5.74, 6) is 0.542. The largest absolute Gasteiger partial charge is 0.443 e. The van der Waals surface area contributed by atoms with Crippen LogP contribution in [0.1, 0.15) is 61.8 Å². The van der Waals surface area contributed by atoms with Gasteiger partial charge in [0.15, 0.2) is 0 Å². The van der Waals surface area contributed by atoms with Crippen LogP contribution in [0.15, 0.2) is 30.7 Å². The van der Waals surface area contributed by atoms with Gasteiger partial charge in [0.1, 0.15) is 5.60 Å². The average molecular weight is 501 g/mol. The minimum Gasteiger partial charge on any atom is -0.443 e. The minimum atomic E-state index is -2.28. The van der Waals surface area contributed by atoms with Gasteiger partial charge in [-0.15, -0.1) is 0 Å². The normalized spacial score (nSPS) is 19.4. The number of carbonyl (C=O) groups is 1. The maximum Gasteiger partial charge on any atom is 0.418 e. The van der Waals surface area contributed by atoms with E-state index in [1.165, 1.54) is 11.1 Å². The Hall–Kier alpha value is -2.74. The fourth-order valence-corrected chi connectivity index (χ4v) is 5.57. The summed E-state index contributed by atoms with van der Waals surface area (Å²) < 4.78 is 34.8. The SMILES string of the molecule is Cc1cc(C)c2c(ccn2C(=O)OC(C)(C)C)c1C[C@@H]1CCN(CCC(F)F)C[C@H]1c1cnn(C)c1. The van der Waals surface area contributed by atoms with Gasteiger partial charge in [0.05, 0.1) is 11.7 Å². The third-order valence-electron chi connectivity index (χ3n) is 7.21. The van der Waals surface area contributed by atoms with Gasteiger partial charge < -0.3 is 9.64 Å². The molecule has 3 aromatic rings. The summed E-state index contributed by atoms with van der Waals surface area (Å²) in [5, 5.41) is 5.46. The first-order chi connectivity index (χ1) is 16.9. The highest BCUT2D eigenvalue weighted by Gasteiger charge is 2.32. The monoisotopic (exact) mass is 500 g/mol.